The van der Waals surface area contributed by atoms with Crippen LogP contribution in [0.2, 0.25) is 0 Å². The van der Waals surface area contributed by atoms with Crippen LogP contribution in [-0.4, -0.2) is 35.4 Å². The van der Waals surface area contributed by atoms with Crippen LogP contribution in [0.5, 0.6) is 0 Å². The number of aryl methyl sites for hydroxylation is 1. The van der Waals surface area contributed by atoms with Crippen LogP contribution in [0.4, 0.5) is 0 Å². The molecule has 0 bridgehead atoms. The summed E-state index contributed by atoms with van der Waals surface area (Å²) in [4.78, 5) is 36.6. The molecule has 0 fully saturated rings. The summed E-state index contributed by atoms with van der Waals surface area (Å²) in [6.07, 6.45) is 1.60. The standard InChI is InChI=1S/C20H20N2O5S/c1-13-9-16(14(2)22(13)11-15-5-3-7-26-15)17(23)12-27-19(24)10-21-20(25)18-6-4-8-28-18/h3-9H,10-12H2,1-2H3,(H,21,25). The zero-order valence-electron chi connectivity index (χ0n) is 15.6. The number of nitrogens with zero attached hydrogens (tertiary/aromatic N) is 1. The molecule has 0 saturated heterocycles. The molecule has 3 rings (SSSR count). The van der Waals surface area contributed by atoms with E-state index in [4.69, 9.17) is 9.15 Å². The summed E-state index contributed by atoms with van der Waals surface area (Å²) >= 11 is 1.28. The number of nitrogens with one attached hydrogen (secondary N) is 1. The summed E-state index contributed by atoms with van der Waals surface area (Å²) in [5, 5.41) is 4.24. The maximum Gasteiger partial charge on any atom is 0.325 e. The molecule has 0 atom stereocenters. The Kier molecular flexibility index (Phi) is 6.10. The number of carbonyl (C=O) groups excluding carboxylic acids is 3. The maximum absolute atomic E-state index is 12.5. The second-order valence-electron chi connectivity index (χ2n) is 6.19. The minimum absolute atomic E-state index is 0.290. The Bertz CT molecular complexity index is 971. The summed E-state index contributed by atoms with van der Waals surface area (Å²) in [7, 11) is 0. The van der Waals surface area contributed by atoms with Crippen molar-refractivity contribution < 1.29 is 23.5 Å². The molecule has 0 aliphatic carbocycles. The molecule has 28 heavy (non-hydrogen) atoms. The van der Waals surface area contributed by atoms with Crippen molar-refractivity contribution in [3.63, 3.8) is 0 Å². The smallest absolute Gasteiger partial charge is 0.325 e. The molecule has 0 spiro atoms. The Morgan fingerprint density at radius 2 is 2.04 bits per heavy atom. The van der Waals surface area contributed by atoms with Crippen LogP contribution in [0.25, 0.3) is 0 Å². The van der Waals surface area contributed by atoms with Gasteiger partial charge in [-0.1, -0.05) is 6.07 Å². The first kappa shape index (κ1) is 19.6. The van der Waals surface area contributed by atoms with Gasteiger partial charge in [0.05, 0.1) is 17.7 Å². The molecule has 3 heterocycles. The molecule has 146 valence electrons. The third kappa shape index (κ3) is 4.58. The first-order chi connectivity index (χ1) is 13.5. The van der Waals surface area contributed by atoms with Gasteiger partial charge in [0, 0.05) is 17.0 Å². The van der Waals surface area contributed by atoms with E-state index in [-0.39, 0.29) is 24.8 Å². The van der Waals surface area contributed by atoms with Gasteiger partial charge >= 0.3 is 5.97 Å². The lowest BCUT2D eigenvalue weighted by Crippen LogP contribution is -2.31. The quantitative estimate of drug-likeness (QED) is 0.464. The number of thiophene rings is 1. The molecular weight excluding hydrogens is 380 g/mol. The van der Waals surface area contributed by atoms with Gasteiger partial charge in [0.1, 0.15) is 12.3 Å². The van der Waals surface area contributed by atoms with E-state index in [2.05, 4.69) is 5.32 Å². The van der Waals surface area contributed by atoms with E-state index in [0.29, 0.717) is 17.0 Å². The second-order valence-corrected chi connectivity index (χ2v) is 7.14. The minimum atomic E-state index is -0.664. The molecule has 0 aliphatic rings. The van der Waals surface area contributed by atoms with Crippen molar-refractivity contribution in [1.29, 1.82) is 0 Å². The summed E-state index contributed by atoms with van der Waals surface area (Å²) in [5.41, 5.74) is 2.19. The van der Waals surface area contributed by atoms with Gasteiger partial charge in [0.2, 0.25) is 5.78 Å². The van der Waals surface area contributed by atoms with E-state index in [1.54, 1.807) is 29.8 Å². The van der Waals surface area contributed by atoms with Crippen LogP contribution in [0, 0.1) is 13.8 Å². The van der Waals surface area contributed by atoms with Gasteiger partial charge in [-0.15, -0.1) is 11.3 Å². The highest BCUT2D eigenvalue weighted by Gasteiger charge is 2.18. The van der Waals surface area contributed by atoms with Crippen molar-refractivity contribution in [1.82, 2.24) is 9.88 Å². The molecule has 3 aromatic heterocycles. The van der Waals surface area contributed by atoms with Crippen molar-refractivity contribution in [2.75, 3.05) is 13.2 Å². The lowest BCUT2D eigenvalue weighted by Gasteiger charge is -2.08. The number of hydrogen-bond donors (Lipinski definition) is 1. The highest BCUT2D eigenvalue weighted by atomic mass is 32.1. The molecule has 0 aromatic carbocycles. The van der Waals surface area contributed by atoms with Gasteiger partial charge in [0.15, 0.2) is 6.61 Å². The summed E-state index contributed by atoms with van der Waals surface area (Å²) < 4.78 is 12.3. The number of hydrogen-bond acceptors (Lipinski definition) is 6. The molecular formula is C20H20N2O5S. The topological polar surface area (TPSA) is 90.5 Å². The first-order valence-electron chi connectivity index (χ1n) is 8.65. The number of furan rings is 1. The molecule has 0 aliphatic heterocycles. The van der Waals surface area contributed by atoms with Crippen molar-refractivity contribution in [3.05, 3.63) is 69.6 Å². The van der Waals surface area contributed by atoms with Crippen LogP contribution in [0.3, 0.4) is 0 Å². The lowest BCUT2D eigenvalue weighted by molar-refractivity contribution is -0.141. The van der Waals surface area contributed by atoms with Crippen LogP contribution < -0.4 is 5.32 Å². The van der Waals surface area contributed by atoms with Crippen LogP contribution in [0.1, 0.15) is 37.2 Å². The number of esters is 1. The number of carbonyl (C=O) groups is 3. The zero-order chi connectivity index (χ0) is 20.1. The van der Waals surface area contributed by atoms with Crippen LogP contribution >= 0.6 is 11.3 Å². The molecule has 0 saturated carbocycles. The third-order valence-electron chi connectivity index (χ3n) is 4.27. The van der Waals surface area contributed by atoms with Crippen molar-refractivity contribution in [2.24, 2.45) is 0 Å². The largest absolute Gasteiger partial charge is 0.467 e. The van der Waals surface area contributed by atoms with Crippen LogP contribution in [-0.2, 0) is 16.1 Å². The third-order valence-corrected chi connectivity index (χ3v) is 5.14. The van der Waals surface area contributed by atoms with Gasteiger partial charge in [-0.3, -0.25) is 14.4 Å². The SMILES string of the molecule is Cc1cc(C(=O)COC(=O)CNC(=O)c2cccs2)c(C)n1Cc1ccco1. The van der Waals surface area contributed by atoms with Gasteiger partial charge in [-0.2, -0.15) is 0 Å². The maximum atomic E-state index is 12.5. The molecule has 0 unspecified atom stereocenters. The van der Waals surface area contributed by atoms with E-state index >= 15 is 0 Å². The average molecular weight is 400 g/mol. The van der Waals surface area contributed by atoms with Gasteiger partial charge < -0.3 is 19.0 Å². The zero-order valence-corrected chi connectivity index (χ0v) is 16.4. The van der Waals surface area contributed by atoms with E-state index in [0.717, 1.165) is 17.1 Å². The second kappa shape index (κ2) is 8.71. The molecule has 1 N–H and O–H groups in total. The lowest BCUT2D eigenvalue weighted by atomic mass is 10.1. The normalized spacial score (nSPS) is 10.6. The number of aromatic nitrogens is 1. The predicted molar refractivity (Wildman–Crippen MR) is 104 cm³/mol. The van der Waals surface area contributed by atoms with Gasteiger partial charge in [0.25, 0.3) is 5.91 Å². The molecule has 1 amide bonds. The fourth-order valence-electron chi connectivity index (χ4n) is 2.81. The van der Waals surface area contributed by atoms with E-state index < -0.39 is 5.97 Å². The number of Topliss-reactive ketones (excluding diaryl/α,β-unsaturated/α-hetero) is 1. The van der Waals surface area contributed by atoms with Crippen molar-refractivity contribution >= 4 is 29.0 Å². The molecule has 8 heteroatoms. The molecule has 0 radical (unpaired) electrons. The number of ketones is 1. The Morgan fingerprint density at radius 3 is 2.71 bits per heavy atom. The Hall–Kier alpha value is -3.13. The summed E-state index contributed by atoms with van der Waals surface area (Å²) in [6.45, 7) is 3.60. The highest BCUT2D eigenvalue weighted by molar-refractivity contribution is 7.12. The molecule has 7 nitrogen and oxygen atoms in total. The average Bonchev–Trinajstić information content (AvgIpc) is 3.43. The van der Waals surface area contributed by atoms with Crippen molar-refractivity contribution in [2.45, 2.75) is 20.4 Å². The predicted octanol–water partition coefficient (Wildman–Crippen LogP) is 2.96. The van der Waals surface area contributed by atoms with Gasteiger partial charge in [-0.05, 0) is 43.5 Å². The highest BCUT2D eigenvalue weighted by Crippen LogP contribution is 2.18. The summed E-state index contributed by atoms with van der Waals surface area (Å²) in [5.74, 6) is -0.521. The van der Waals surface area contributed by atoms with E-state index in [1.807, 2.05) is 30.5 Å². The Labute approximate surface area is 165 Å². The fraction of sp³-hybridized carbons (Fsp3) is 0.250. The monoisotopic (exact) mass is 400 g/mol. The summed E-state index contributed by atoms with van der Waals surface area (Å²) in [6, 6.07) is 8.86. The first-order valence-corrected chi connectivity index (χ1v) is 9.53. The van der Waals surface area contributed by atoms with Gasteiger partial charge in [-0.25, -0.2) is 0 Å². The number of rotatable bonds is 8. The number of ether oxygens (including phenoxy) is 1. The van der Waals surface area contributed by atoms with E-state index in [1.165, 1.54) is 11.3 Å². The number of amides is 1. The Morgan fingerprint density at radius 1 is 1.21 bits per heavy atom. The van der Waals surface area contributed by atoms with Crippen molar-refractivity contribution in [3.8, 4) is 0 Å². The fourth-order valence-corrected chi connectivity index (χ4v) is 3.45. The van der Waals surface area contributed by atoms with E-state index in [9.17, 15) is 14.4 Å². The minimum Gasteiger partial charge on any atom is -0.467 e. The van der Waals surface area contributed by atoms with Crippen LogP contribution in [0.15, 0.2) is 46.4 Å². The molecule has 3 aromatic rings. The Balaban J connectivity index is 1.53.